The Hall–Kier alpha value is -3.38. The van der Waals surface area contributed by atoms with Crippen LogP contribution in [0.3, 0.4) is 0 Å². The summed E-state index contributed by atoms with van der Waals surface area (Å²) in [7, 11) is 1.58. The number of carbonyl (C=O) groups is 1. The average molecular weight is 490 g/mol. The van der Waals surface area contributed by atoms with E-state index in [2.05, 4.69) is 15.9 Å². The lowest BCUT2D eigenvalue weighted by atomic mass is 9.97. The van der Waals surface area contributed by atoms with Crippen molar-refractivity contribution in [2.45, 2.75) is 19.9 Å². The van der Waals surface area contributed by atoms with E-state index in [9.17, 15) is 9.59 Å². The van der Waals surface area contributed by atoms with Gasteiger partial charge in [-0.05, 0) is 66.9 Å². The fourth-order valence-electron chi connectivity index (χ4n) is 4.22. The van der Waals surface area contributed by atoms with Gasteiger partial charge < -0.3 is 9.15 Å². The highest BCUT2D eigenvalue weighted by Crippen LogP contribution is 2.42. The summed E-state index contributed by atoms with van der Waals surface area (Å²) in [5.74, 6) is 0.358. The second-order valence-corrected chi connectivity index (χ2v) is 8.85. The number of anilines is 1. The standard InChI is InChI=1S/C26H20BrNO4/c1-14-11-20-21(12-15(14)2)32-25-22(24(20)29)23(16-7-9-17(27)10-8-16)28(26(25)30)18-5-4-6-19(13-18)31-3/h4-13,23H,1-3H3. The summed E-state index contributed by atoms with van der Waals surface area (Å²) < 4.78 is 12.4. The molecule has 0 bridgehead atoms. The van der Waals surface area contributed by atoms with Crippen molar-refractivity contribution in [1.29, 1.82) is 0 Å². The normalized spacial score (nSPS) is 15.3. The number of benzene rings is 3. The summed E-state index contributed by atoms with van der Waals surface area (Å²) in [6.45, 7) is 3.92. The quantitative estimate of drug-likeness (QED) is 0.357. The summed E-state index contributed by atoms with van der Waals surface area (Å²) in [4.78, 5) is 29.0. The first kappa shape index (κ1) is 20.5. The van der Waals surface area contributed by atoms with Crippen LogP contribution in [-0.4, -0.2) is 13.0 Å². The molecule has 160 valence electrons. The van der Waals surface area contributed by atoms with Crippen molar-refractivity contribution in [2.75, 3.05) is 12.0 Å². The Bertz CT molecular complexity index is 1440. The van der Waals surface area contributed by atoms with Crippen molar-refractivity contribution in [1.82, 2.24) is 0 Å². The minimum absolute atomic E-state index is 0.0847. The van der Waals surface area contributed by atoms with Gasteiger partial charge in [0.2, 0.25) is 5.76 Å². The second kappa shape index (κ2) is 7.64. The Morgan fingerprint density at radius 2 is 1.69 bits per heavy atom. The smallest absolute Gasteiger partial charge is 0.295 e. The zero-order valence-corrected chi connectivity index (χ0v) is 19.4. The topological polar surface area (TPSA) is 59.8 Å². The Morgan fingerprint density at radius 1 is 0.969 bits per heavy atom. The van der Waals surface area contributed by atoms with Crippen LogP contribution in [-0.2, 0) is 0 Å². The van der Waals surface area contributed by atoms with Gasteiger partial charge in [-0.25, -0.2) is 0 Å². The van der Waals surface area contributed by atoms with Crippen LogP contribution in [0.15, 0.2) is 74.3 Å². The number of nitrogens with zero attached hydrogens (tertiary/aromatic N) is 1. The lowest BCUT2D eigenvalue weighted by Crippen LogP contribution is -2.29. The lowest BCUT2D eigenvalue weighted by molar-refractivity contribution is 0.0971. The molecule has 32 heavy (non-hydrogen) atoms. The summed E-state index contributed by atoms with van der Waals surface area (Å²) in [6.07, 6.45) is 0. The van der Waals surface area contributed by atoms with Gasteiger partial charge in [-0.3, -0.25) is 14.5 Å². The number of carbonyl (C=O) groups excluding carboxylic acids is 1. The first-order valence-corrected chi connectivity index (χ1v) is 11.0. The van der Waals surface area contributed by atoms with Gasteiger partial charge in [-0.15, -0.1) is 0 Å². The van der Waals surface area contributed by atoms with Crippen LogP contribution in [0.2, 0.25) is 0 Å². The zero-order chi connectivity index (χ0) is 22.6. The predicted molar refractivity (Wildman–Crippen MR) is 128 cm³/mol. The predicted octanol–water partition coefficient (Wildman–Crippen LogP) is 5.93. The number of aryl methyl sites for hydroxylation is 2. The third-order valence-corrected chi connectivity index (χ3v) is 6.53. The van der Waals surface area contributed by atoms with E-state index >= 15 is 0 Å². The Morgan fingerprint density at radius 3 is 2.41 bits per heavy atom. The van der Waals surface area contributed by atoms with Crippen LogP contribution in [0, 0.1) is 13.8 Å². The fourth-order valence-corrected chi connectivity index (χ4v) is 4.48. The molecule has 1 aliphatic rings. The third kappa shape index (κ3) is 3.14. The first-order valence-electron chi connectivity index (χ1n) is 10.2. The van der Waals surface area contributed by atoms with Crippen molar-refractivity contribution < 1.29 is 13.9 Å². The molecule has 0 fully saturated rings. The molecule has 0 radical (unpaired) electrons. The number of fused-ring (bicyclic) bond motifs is 2. The number of rotatable bonds is 3. The first-order chi connectivity index (χ1) is 15.4. The van der Waals surface area contributed by atoms with Crippen LogP contribution >= 0.6 is 15.9 Å². The monoisotopic (exact) mass is 489 g/mol. The van der Waals surface area contributed by atoms with Crippen LogP contribution in [0.5, 0.6) is 5.75 Å². The molecule has 0 spiro atoms. The molecule has 1 amide bonds. The van der Waals surface area contributed by atoms with Gasteiger partial charge in [0.1, 0.15) is 11.3 Å². The third-order valence-electron chi connectivity index (χ3n) is 6.00. The highest BCUT2D eigenvalue weighted by atomic mass is 79.9. The maximum atomic E-state index is 13.7. The maximum Gasteiger partial charge on any atom is 0.295 e. The van der Waals surface area contributed by atoms with Crippen molar-refractivity contribution >= 4 is 38.5 Å². The summed E-state index contributed by atoms with van der Waals surface area (Å²) >= 11 is 3.46. The lowest BCUT2D eigenvalue weighted by Gasteiger charge is -2.25. The number of ether oxygens (including phenoxy) is 1. The van der Waals surface area contributed by atoms with E-state index < -0.39 is 6.04 Å². The summed E-state index contributed by atoms with van der Waals surface area (Å²) in [5.41, 5.74) is 4.04. The van der Waals surface area contributed by atoms with Crippen molar-refractivity contribution in [3.63, 3.8) is 0 Å². The van der Waals surface area contributed by atoms with Gasteiger partial charge >= 0.3 is 0 Å². The van der Waals surface area contributed by atoms with Crippen LogP contribution in [0.25, 0.3) is 11.0 Å². The number of hydrogen-bond acceptors (Lipinski definition) is 4. The number of methoxy groups -OCH3 is 1. The van der Waals surface area contributed by atoms with E-state index in [0.29, 0.717) is 28.0 Å². The number of halogens is 1. The molecule has 5 nitrogen and oxygen atoms in total. The van der Waals surface area contributed by atoms with Gasteiger partial charge in [0.05, 0.1) is 24.1 Å². The molecule has 0 saturated carbocycles. The largest absolute Gasteiger partial charge is 0.497 e. The Kier molecular flexibility index (Phi) is 4.90. The molecule has 3 aromatic carbocycles. The van der Waals surface area contributed by atoms with E-state index in [4.69, 9.17) is 9.15 Å². The Balaban J connectivity index is 1.82. The van der Waals surface area contributed by atoms with Gasteiger partial charge in [-0.2, -0.15) is 0 Å². The van der Waals surface area contributed by atoms with E-state index in [1.807, 2.05) is 68.4 Å². The second-order valence-electron chi connectivity index (χ2n) is 7.94. The average Bonchev–Trinajstić information content (AvgIpc) is 3.08. The van der Waals surface area contributed by atoms with E-state index in [1.54, 1.807) is 18.1 Å². The molecule has 1 aromatic heterocycles. The summed E-state index contributed by atoms with van der Waals surface area (Å²) in [6, 6.07) is 17.9. The highest BCUT2D eigenvalue weighted by Gasteiger charge is 2.43. The molecule has 6 heteroatoms. The van der Waals surface area contributed by atoms with Crippen molar-refractivity contribution in [2.24, 2.45) is 0 Å². The Labute approximate surface area is 193 Å². The van der Waals surface area contributed by atoms with Crippen molar-refractivity contribution in [3.05, 3.63) is 103 Å². The molecule has 1 atom stereocenters. The van der Waals surface area contributed by atoms with Gasteiger partial charge in [0.15, 0.2) is 5.43 Å². The summed E-state index contributed by atoms with van der Waals surface area (Å²) in [5, 5.41) is 0.481. The highest BCUT2D eigenvalue weighted by molar-refractivity contribution is 9.10. The molecule has 1 aliphatic heterocycles. The minimum atomic E-state index is -0.611. The molecule has 1 unspecified atom stereocenters. The molecule has 0 aliphatic carbocycles. The van der Waals surface area contributed by atoms with Crippen LogP contribution in [0.1, 0.15) is 38.9 Å². The van der Waals surface area contributed by atoms with E-state index in [1.165, 1.54) is 0 Å². The molecule has 4 aromatic rings. The zero-order valence-electron chi connectivity index (χ0n) is 17.8. The number of hydrogen-bond donors (Lipinski definition) is 0. The van der Waals surface area contributed by atoms with Gasteiger partial charge in [0, 0.05) is 16.2 Å². The maximum absolute atomic E-state index is 13.7. The molecular weight excluding hydrogens is 470 g/mol. The molecule has 0 N–H and O–H groups in total. The van der Waals surface area contributed by atoms with E-state index in [-0.39, 0.29) is 17.1 Å². The van der Waals surface area contributed by atoms with Crippen LogP contribution < -0.4 is 15.1 Å². The molecular formula is C26H20BrNO4. The number of amides is 1. The molecule has 0 saturated heterocycles. The molecule has 5 rings (SSSR count). The van der Waals surface area contributed by atoms with Gasteiger partial charge in [-0.1, -0.05) is 34.1 Å². The van der Waals surface area contributed by atoms with Crippen LogP contribution in [0.4, 0.5) is 5.69 Å². The fraction of sp³-hybridized carbons (Fsp3) is 0.154. The van der Waals surface area contributed by atoms with E-state index in [0.717, 1.165) is 21.2 Å². The molecule has 2 heterocycles. The SMILES string of the molecule is COc1cccc(N2C(=O)c3oc4cc(C)c(C)cc4c(=O)c3C2c2ccc(Br)cc2)c1. The van der Waals surface area contributed by atoms with Crippen molar-refractivity contribution in [3.8, 4) is 5.75 Å². The minimum Gasteiger partial charge on any atom is -0.497 e. The van der Waals surface area contributed by atoms with Gasteiger partial charge in [0.25, 0.3) is 5.91 Å².